The summed E-state index contributed by atoms with van der Waals surface area (Å²) >= 11 is 1.57. The Morgan fingerprint density at radius 2 is 2.37 bits per heavy atom. The Labute approximate surface area is 116 Å². The molecule has 1 atom stereocenters. The number of nitrogens with zero attached hydrogens (tertiary/aromatic N) is 3. The van der Waals surface area contributed by atoms with Crippen molar-refractivity contribution in [2.24, 2.45) is 0 Å². The predicted molar refractivity (Wildman–Crippen MR) is 77.0 cm³/mol. The average molecular weight is 275 g/mol. The quantitative estimate of drug-likeness (QED) is 0.901. The van der Waals surface area contributed by atoms with Gasteiger partial charge in [0.05, 0.1) is 5.69 Å². The zero-order valence-corrected chi connectivity index (χ0v) is 11.7. The number of rotatable bonds is 3. The molecule has 0 saturated carbocycles. The predicted octanol–water partition coefficient (Wildman–Crippen LogP) is 2.45. The molecule has 0 bridgehead atoms. The van der Waals surface area contributed by atoms with Crippen LogP contribution >= 0.6 is 11.3 Å². The molecule has 1 saturated heterocycles. The van der Waals surface area contributed by atoms with E-state index in [4.69, 9.17) is 0 Å². The number of anilines is 2. The summed E-state index contributed by atoms with van der Waals surface area (Å²) in [7, 11) is 0. The lowest BCUT2D eigenvalue weighted by atomic mass is 9.96. The molecule has 0 aromatic carbocycles. The largest absolute Gasteiger partial charge is 0.316 e. The van der Waals surface area contributed by atoms with Crippen molar-refractivity contribution in [2.45, 2.75) is 25.7 Å². The maximum Gasteiger partial charge on any atom is 0.188 e. The summed E-state index contributed by atoms with van der Waals surface area (Å²) in [5.74, 6) is 2.14. The first-order valence-electron chi connectivity index (χ1n) is 6.54. The summed E-state index contributed by atoms with van der Waals surface area (Å²) in [6.07, 6.45) is 4.19. The van der Waals surface area contributed by atoms with Gasteiger partial charge in [-0.2, -0.15) is 0 Å². The van der Waals surface area contributed by atoms with Gasteiger partial charge in [0.1, 0.15) is 11.6 Å². The fourth-order valence-electron chi connectivity index (χ4n) is 2.36. The first-order chi connectivity index (χ1) is 9.31. The normalized spacial score (nSPS) is 19.3. The topological polar surface area (TPSA) is 62.7 Å². The second-order valence-electron chi connectivity index (χ2n) is 4.73. The molecule has 1 aliphatic rings. The van der Waals surface area contributed by atoms with Gasteiger partial charge in [0.25, 0.3) is 0 Å². The third-order valence-corrected chi connectivity index (χ3v) is 3.93. The number of aromatic nitrogens is 3. The molecule has 6 heteroatoms. The highest BCUT2D eigenvalue weighted by Crippen LogP contribution is 2.25. The van der Waals surface area contributed by atoms with E-state index in [9.17, 15) is 0 Å². The van der Waals surface area contributed by atoms with Gasteiger partial charge in [-0.1, -0.05) is 0 Å². The minimum Gasteiger partial charge on any atom is -0.316 e. The van der Waals surface area contributed by atoms with Crippen LogP contribution < -0.4 is 10.6 Å². The van der Waals surface area contributed by atoms with Crippen LogP contribution in [-0.2, 0) is 0 Å². The van der Waals surface area contributed by atoms with E-state index in [0.717, 1.165) is 35.6 Å². The van der Waals surface area contributed by atoms with Crippen molar-refractivity contribution in [1.29, 1.82) is 0 Å². The van der Waals surface area contributed by atoms with Gasteiger partial charge < -0.3 is 10.6 Å². The number of hydrogen-bond donors (Lipinski definition) is 2. The summed E-state index contributed by atoms with van der Waals surface area (Å²) in [6, 6.07) is 2.05. The second kappa shape index (κ2) is 5.63. The number of aryl methyl sites for hydroxylation is 1. The van der Waals surface area contributed by atoms with Crippen molar-refractivity contribution >= 4 is 22.3 Å². The zero-order chi connectivity index (χ0) is 13.1. The summed E-state index contributed by atoms with van der Waals surface area (Å²) in [6.45, 7) is 4.06. The summed E-state index contributed by atoms with van der Waals surface area (Å²) in [5.41, 5.74) is 1.12. The van der Waals surface area contributed by atoms with Crippen molar-refractivity contribution in [3.63, 3.8) is 0 Å². The molecule has 3 rings (SSSR count). The van der Waals surface area contributed by atoms with Gasteiger partial charge in [-0.3, -0.25) is 0 Å². The maximum absolute atomic E-state index is 4.58. The number of thiazole rings is 1. The fourth-order valence-corrected chi connectivity index (χ4v) is 2.90. The maximum atomic E-state index is 4.58. The molecule has 2 N–H and O–H groups in total. The van der Waals surface area contributed by atoms with Crippen LogP contribution in [0.1, 0.15) is 30.3 Å². The minimum absolute atomic E-state index is 0.493. The van der Waals surface area contributed by atoms with E-state index in [2.05, 4.69) is 25.6 Å². The molecule has 0 spiro atoms. The number of piperidine rings is 1. The van der Waals surface area contributed by atoms with E-state index < -0.39 is 0 Å². The standard InChI is InChI=1S/C13H17N5S/c1-9-16-11(10-3-2-4-14-8-10)7-12(17-9)18-13-15-5-6-19-13/h5-7,10,14H,2-4,8H2,1H3,(H,15,16,17,18). The van der Waals surface area contributed by atoms with Crippen LogP contribution in [0.5, 0.6) is 0 Å². The Morgan fingerprint density at radius 3 is 3.11 bits per heavy atom. The monoisotopic (exact) mass is 275 g/mol. The van der Waals surface area contributed by atoms with Crippen LogP contribution in [0.3, 0.4) is 0 Å². The molecule has 2 aromatic heterocycles. The molecule has 1 fully saturated rings. The van der Waals surface area contributed by atoms with E-state index in [1.165, 1.54) is 12.8 Å². The molecule has 1 aliphatic heterocycles. The van der Waals surface area contributed by atoms with Crippen LogP contribution in [0.15, 0.2) is 17.6 Å². The molecule has 3 heterocycles. The van der Waals surface area contributed by atoms with Crippen molar-refractivity contribution in [2.75, 3.05) is 18.4 Å². The number of hydrogen-bond acceptors (Lipinski definition) is 6. The Morgan fingerprint density at radius 1 is 1.42 bits per heavy atom. The van der Waals surface area contributed by atoms with Crippen molar-refractivity contribution in [3.8, 4) is 0 Å². The van der Waals surface area contributed by atoms with Gasteiger partial charge in [0.15, 0.2) is 5.13 Å². The molecular formula is C13H17N5S. The van der Waals surface area contributed by atoms with E-state index in [-0.39, 0.29) is 0 Å². The second-order valence-corrected chi connectivity index (χ2v) is 5.63. The third kappa shape index (κ3) is 3.08. The molecule has 19 heavy (non-hydrogen) atoms. The molecule has 100 valence electrons. The van der Waals surface area contributed by atoms with Gasteiger partial charge in [0, 0.05) is 30.1 Å². The molecule has 0 radical (unpaired) electrons. The van der Waals surface area contributed by atoms with Crippen molar-refractivity contribution in [1.82, 2.24) is 20.3 Å². The SMILES string of the molecule is Cc1nc(Nc2nccs2)cc(C2CCCNC2)n1. The molecule has 5 nitrogen and oxygen atoms in total. The van der Waals surface area contributed by atoms with E-state index >= 15 is 0 Å². The number of nitrogens with one attached hydrogen (secondary N) is 2. The van der Waals surface area contributed by atoms with Crippen molar-refractivity contribution in [3.05, 3.63) is 29.2 Å². The Bertz CT molecular complexity index is 534. The van der Waals surface area contributed by atoms with Crippen LogP contribution in [0.4, 0.5) is 10.9 Å². The lowest BCUT2D eigenvalue weighted by Gasteiger charge is -2.22. The minimum atomic E-state index is 0.493. The average Bonchev–Trinajstić information content (AvgIpc) is 2.92. The van der Waals surface area contributed by atoms with E-state index in [1.54, 1.807) is 17.5 Å². The zero-order valence-electron chi connectivity index (χ0n) is 10.9. The first kappa shape index (κ1) is 12.5. The van der Waals surface area contributed by atoms with Gasteiger partial charge >= 0.3 is 0 Å². The van der Waals surface area contributed by atoms with Crippen LogP contribution in [0.2, 0.25) is 0 Å². The van der Waals surface area contributed by atoms with Gasteiger partial charge in [-0.15, -0.1) is 11.3 Å². The molecule has 1 unspecified atom stereocenters. The highest BCUT2D eigenvalue weighted by molar-refractivity contribution is 7.13. The van der Waals surface area contributed by atoms with Crippen LogP contribution in [0, 0.1) is 6.92 Å². The van der Waals surface area contributed by atoms with Gasteiger partial charge in [-0.25, -0.2) is 15.0 Å². The Kier molecular flexibility index (Phi) is 3.70. The highest BCUT2D eigenvalue weighted by Gasteiger charge is 2.17. The summed E-state index contributed by atoms with van der Waals surface area (Å²) in [5, 5.41) is 9.48. The van der Waals surface area contributed by atoms with Crippen LogP contribution in [0.25, 0.3) is 0 Å². The van der Waals surface area contributed by atoms with Gasteiger partial charge in [-0.05, 0) is 26.3 Å². The van der Waals surface area contributed by atoms with E-state index in [1.807, 2.05) is 18.4 Å². The third-order valence-electron chi connectivity index (χ3n) is 3.24. The molecule has 0 amide bonds. The molecule has 2 aromatic rings. The van der Waals surface area contributed by atoms with Gasteiger partial charge in [0.2, 0.25) is 0 Å². The molecule has 0 aliphatic carbocycles. The lowest BCUT2D eigenvalue weighted by molar-refractivity contribution is 0.453. The lowest BCUT2D eigenvalue weighted by Crippen LogP contribution is -2.29. The first-order valence-corrected chi connectivity index (χ1v) is 7.42. The Hall–Kier alpha value is -1.53. The summed E-state index contributed by atoms with van der Waals surface area (Å²) < 4.78 is 0. The summed E-state index contributed by atoms with van der Waals surface area (Å²) in [4.78, 5) is 13.2. The Balaban J connectivity index is 1.82. The smallest absolute Gasteiger partial charge is 0.188 e. The van der Waals surface area contributed by atoms with E-state index in [0.29, 0.717) is 5.92 Å². The van der Waals surface area contributed by atoms with Crippen LogP contribution in [-0.4, -0.2) is 28.0 Å². The molecular weight excluding hydrogens is 258 g/mol. The van der Waals surface area contributed by atoms with Crippen molar-refractivity contribution < 1.29 is 0 Å². The fraction of sp³-hybridized carbons (Fsp3) is 0.462. The highest BCUT2D eigenvalue weighted by atomic mass is 32.1.